The highest BCUT2D eigenvalue weighted by Gasteiger charge is 2.35. The van der Waals surface area contributed by atoms with E-state index >= 15 is 8.78 Å². The highest BCUT2D eigenvalue weighted by molar-refractivity contribution is 7.92. The summed E-state index contributed by atoms with van der Waals surface area (Å²) in [6.07, 6.45) is 5.05. The van der Waals surface area contributed by atoms with Crippen LogP contribution in [0.15, 0.2) is 154 Å². The van der Waals surface area contributed by atoms with Gasteiger partial charge in [-0.2, -0.15) is 0 Å². The van der Waals surface area contributed by atoms with Crippen molar-refractivity contribution in [1.82, 2.24) is 29.7 Å². The van der Waals surface area contributed by atoms with Crippen LogP contribution in [-0.2, 0) is 52.6 Å². The van der Waals surface area contributed by atoms with Crippen LogP contribution < -0.4 is 19.2 Å². The average molecular weight is 1410 g/mol. The number of hydrogen-bond donors (Lipinski definition) is 2. The number of carbonyl (C=O) groups excluding carboxylic acids is 2. The lowest BCUT2D eigenvalue weighted by atomic mass is 9.96. The van der Waals surface area contributed by atoms with Crippen LogP contribution in [0.3, 0.4) is 0 Å². The van der Waals surface area contributed by atoms with Crippen molar-refractivity contribution in [2.24, 2.45) is 0 Å². The van der Waals surface area contributed by atoms with E-state index in [2.05, 4.69) is 10.6 Å². The molecule has 14 rings (SSSR count). The van der Waals surface area contributed by atoms with E-state index in [1.807, 2.05) is 0 Å². The van der Waals surface area contributed by atoms with Crippen molar-refractivity contribution in [2.45, 2.75) is 24.9 Å². The number of aromatic nitrogens is 4. The molecule has 28 heteroatoms. The second-order valence-corrected chi connectivity index (χ2v) is 32.8. The molecule has 12 aromatic rings. The summed E-state index contributed by atoms with van der Waals surface area (Å²) in [4.78, 5) is 36.6. The van der Waals surface area contributed by atoms with Gasteiger partial charge in [-0.15, -0.1) is 0 Å². The van der Waals surface area contributed by atoms with Gasteiger partial charge in [-0.3, -0.25) is 18.2 Å². The Bertz CT molecular complexity index is 5480. The van der Waals surface area contributed by atoms with E-state index in [-0.39, 0.29) is 56.7 Å². The van der Waals surface area contributed by atoms with E-state index < -0.39 is 86.9 Å². The zero-order valence-corrected chi connectivity index (χ0v) is 56.8. The van der Waals surface area contributed by atoms with Gasteiger partial charge < -0.3 is 28.6 Å². The van der Waals surface area contributed by atoms with E-state index in [0.717, 1.165) is 44.8 Å². The average Bonchev–Trinajstić information content (AvgIpc) is 1.54. The van der Waals surface area contributed by atoms with Gasteiger partial charge in [0.1, 0.15) is 65.6 Å². The molecule has 6 aromatic carbocycles. The maximum absolute atomic E-state index is 15.1. The Kier molecular flexibility index (Phi) is 16.6. The topological polar surface area (TPSA) is 263 Å². The van der Waals surface area contributed by atoms with E-state index in [9.17, 15) is 52.0 Å². The number of hydrogen-bond acceptors (Lipinski definition) is 14. The molecule has 2 amide bonds. The van der Waals surface area contributed by atoms with Crippen LogP contribution in [0.1, 0.15) is 43.9 Å². The number of nitrogens with zero attached hydrogens (tertiary/aromatic N) is 6. The van der Waals surface area contributed by atoms with Crippen LogP contribution in [0, 0.1) is 23.3 Å². The first-order valence-corrected chi connectivity index (χ1v) is 38.1. The molecule has 2 aliphatic rings. The maximum Gasteiger partial charge on any atom is 0.255 e. The van der Waals surface area contributed by atoms with Gasteiger partial charge in [0.2, 0.25) is 20.0 Å². The molecule has 2 aliphatic heterocycles. The van der Waals surface area contributed by atoms with Crippen molar-refractivity contribution in [3.8, 4) is 67.9 Å². The van der Waals surface area contributed by atoms with E-state index in [1.54, 1.807) is 81.9 Å². The minimum absolute atomic E-state index is 0.163. The Morgan fingerprint density at radius 2 is 0.867 bits per heavy atom. The number of halogens is 4. The third kappa shape index (κ3) is 12.1. The van der Waals surface area contributed by atoms with Gasteiger partial charge >= 0.3 is 0 Å². The minimum Gasteiger partial charge on any atom is -0.455 e. The molecule has 0 bridgehead atoms. The summed E-state index contributed by atoms with van der Waals surface area (Å²) in [7, 11) is -8.75. The zero-order chi connectivity index (χ0) is 70.0. The second kappa shape index (κ2) is 24.4. The first kappa shape index (κ1) is 66.5. The lowest BCUT2D eigenvalue weighted by Crippen LogP contribution is -2.26. The van der Waals surface area contributed by atoms with Crippen molar-refractivity contribution in [1.29, 1.82) is 0 Å². The Morgan fingerprint density at radius 3 is 1.20 bits per heavy atom. The number of benzene rings is 6. The third-order valence-corrected chi connectivity index (χ3v) is 22.1. The largest absolute Gasteiger partial charge is 0.455 e. The molecular formula is C70H60F4N8O12S4. The number of sulfone groups is 2. The molecule has 0 saturated carbocycles. The van der Waals surface area contributed by atoms with Crippen molar-refractivity contribution >= 4 is 107 Å². The first-order valence-electron chi connectivity index (χ1n) is 30.3. The first-order chi connectivity index (χ1) is 46.3. The minimum atomic E-state index is -3.81. The lowest BCUT2D eigenvalue weighted by molar-refractivity contribution is 0.0956. The number of carbonyl (C=O) groups is 2. The molecule has 2 unspecified atom stereocenters. The van der Waals surface area contributed by atoms with Crippen molar-refractivity contribution in [3.63, 3.8) is 0 Å². The molecule has 2 atom stereocenters. The predicted octanol–water partition coefficient (Wildman–Crippen LogP) is 11.9. The number of rotatable bonds is 14. The highest BCUT2D eigenvalue weighted by atomic mass is 32.2. The zero-order valence-electron chi connectivity index (χ0n) is 53.6. The SMILES string of the molecule is CNC(=O)c1c(-c2ccc(F)cc2)oc2cc(N(C)S(C)(=O)=O)c(-c3ccc4c(n3)-c3cc5c(F)cccc5n3C(CS(C)(=O)=O)C4)cc12.CNC(=O)c1c(-c2ccc(F)cc2)oc2cc(N(C)S(C)(=O)=O)c(-c3ccc4c(n3)-c3cc5c(F)cccc5n3C(CS(C)(=O)=O)C4)cc12. The Balaban J connectivity index is 0.000000176. The Labute approximate surface area is 560 Å². The fraction of sp³-hybridized carbons (Fsp3) is 0.200. The van der Waals surface area contributed by atoms with E-state index in [0.29, 0.717) is 102 Å². The van der Waals surface area contributed by atoms with Crippen LogP contribution in [0.5, 0.6) is 0 Å². The lowest BCUT2D eigenvalue weighted by Gasteiger charge is -2.28. The van der Waals surface area contributed by atoms with Crippen LogP contribution in [-0.4, -0.2) is 129 Å². The quantitative estimate of drug-likeness (QED) is 0.0959. The van der Waals surface area contributed by atoms with Crippen LogP contribution in [0.4, 0.5) is 28.9 Å². The van der Waals surface area contributed by atoms with Crippen LogP contribution >= 0.6 is 0 Å². The molecule has 20 nitrogen and oxygen atoms in total. The fourth-order valence-corrected chi connectivity index (χ4v) is 16.1. The van der Waals surface area contributed by atoms with E-state index in [1.165, 1.54) is 101 Å². The molecule has 2 N–H and O–H groups in total. The molecular weight excluding hydrogens is 1350 g/mol. The molecule has 0 fully saturated rings. The fourth-order valence-electron chi connectivity index (χ4n) is 13.1. The van der Waals surface area contributed by atoms with Gasteiger partial charge in [-0.25, -0.2) is 61.2 Å². The highest BCUT2D eigenvalue weighted by Crippen LogP contribution is 2.47. The number of sulfonamides is 2. The molecule has 504 valence electrons. The van der Waals surface area contributed by atoms with Gasteiger partial charge in [0.15, 0.2) is 0 Å². The van der Waals surface area contributed by atoms with E-state index in [4.69, 9.17) is 18.8 Å². The number of pyridine rings is 2. The summed E-state index contributed by atoms with van der Waals surface area (Å²) >= 11 is 0. The molecule has 6 aromatic heterocycles. The van der Waals surface area contributed by atoms with Crippen molar-refractivity contribution in [3.05, 3.63) is 191 Å². The number of nitrogens with one attached hydrogen (secondary N) is 2. The summed E-state index contributed by atoms with van der Waals surface area (Å²) in [6, 6.07) is 35.7. The number of amides is 2. The number of furan rings is 2. The summed E-state index contributed by atoms with van der Waals surface area (Å²) in [5.74, 6) is -2.81. The molecule has 0 spiro atoms. The van der Waals surface area contributed by atoms with Gasteiger partial charge in [0.05, 0.1) is 104 Å². The molecule has 0 radical (unpaired) electrons. The maximum atomic E-state index is 15.1. The molecule has 0 saturated heterocycles. The standard InChI is InChI=1S/2C35H30F2N4O6S2/c2*1-38-35(42)32-25-15-24(29(40(2)49(4,45)46)17-31(25)47-34(32)19-8-11-21(36)12-9-19)27-13-10-20-14-22(18-48(3,43)44)41-28-7-5-6-26(37)23(28)16-30(41)33(20)39-27/h2*5-13,15-17,22H,14,18H2,1-4H3,(H,38,42). The molecule has 0 aliphatic carbocycles. The Morgan fingerprint density at radius 1 is 0.500 bits per heavy atom. The van der Waals surface area contributed by atoms with Gasteiger partial charge in [-0.1, -0.05) is 24.3 Å². The van der Waals surface area contributed by atoms with Gasteiger partial charge in [0.25, 0.3) is 11.8 Å². The molecule has 98 heavy (non-hydrogen) atoms. The number of anilines is 2. The number of fused-ring (bicyclic) bond motifs is 12. The summed E-state index contributed by atoms with van der Waals surface area (Å²) in [5, 5.41) is 6.60. The smallest absolute Gasteiger partial charge is 0.255 e. The third-order valence-electron chi connectivity index (χ3n) is 17.7. The summed E-state index contributed by atoms with van der Waals surface area (Å²) < 4.78 is 177. The van der Waals surface area contributed by atoms with Crippen LogP contribution in [0.2, 0.25) is 0 Å². The Hall–Kier alpha value is -10.2. The van der Waals surface area contributed by atoms with Gasteiger partial charge in [-0.05, 0) is 133 Å². The van der Waals surface area contributed by atoms with Crippen molar-refractivity contribution in [2.75, 3.05) is 73.3 Å². The normalized spacial score (nSPS) is 14.5. The molecule has 8 heterocycles. The van der Waals surface area contributed by atoms with Crippen LogP contribution in [0.25, 0.3) is 112 Å². The second-order valence-electron chi connectivity index (χ2n) is 24.4. The van der Waals surface area contributed by atoms with Gasteiger partial charge in [0, 0.05) is 96.6 Å². The monoisotopic (exact) mass is 1410 g/mol. The predicted molar refractivity (Wildman–Crippen MR) is 370 cm³/mol. The van der Waals surface area contributed by atoms with Crippen molar-refractivity contribution < 1.29 is 69.7 Å². The summed E-state index contributed by atoms with van der Waals surface area (Å²) in [5.41, 5.74) is 7.98. The summed E-state index contributed by atoms with van der Waals surface area (Å²) in [6.45, 7) is 0.